The van der Waals surface area contributed by atoms with Gasteiger partial charge >= 0.3 is 12.1 Å². The molecule has 0 aliphatic carbocycles. The molecule has 0 aliphatic heterocycles. The maximum atomic E-state index is 11.6. The van der Waals surface area contributed by atoms with Crippen LogP contribution >= 0.6 is 0 Å². The van der Waals surface area contributed by atoms with Crippen LogP contribution < -0.4 is 0 Å². The maximum Gasteiger partial charge on any atom is 0.435 e. The summed E-state index contributed by atoms with van der Waals surface area (Å²) in [5, 5.41) is 3.84. The van der Waals surface area contributed by atoms with E-state index < -0.39 is 17.7 Å². The van der Waals surface area contributed by atoms with Gasteiger partial charge in [0.05, 0.1) is 13.3 Å². The van der Waals surface area contributed by atoms with Gasteiger partial charge in [-0.05, 0) is 26.8 Å². The summed E-state index contributed by atoms with van der Waals surface area (Å²) in [4.78, 5) is 22.5. The fourth-order valence-electron chi connectivity index (χ4n) is 1.06. The molecule has 0 fully saturated rings. The second kappa shape index (κ2) is 5.48. The van der Waals surface area contributed by atoms with E-state index in [9.17, 15) is 9.59 Å². The number of ether oxygens (including phenoxy) is 2. The van der Waals surface area contributed by atoms with Gasteiger partial charge in [0.1, 0.15) is 5.60 Å². The number of nitrogens with zero attached hydrogens (tertiary/aromatic N) is 2. The molecule has 0 saturated carbocycles. The number of rotatable bonds is 2. The molecule has 1 aromatic heterocycles. The SMILES string of the molecule is COC(=O)/C=C/c1cnn(C(=O)OC(C)(C)C)c1. The lowest BCUT2D eigenvalue weighted by Gasteiger charge is -2.18. The minimum Gasteiger partial charge on any atom is -0.466 e. The summed E-state index contributed by atoms with van der Waals surface area (Å²) in [6.45, 7) is 5.31. The molecule has 1 rings (SSSR count). The number of aromatic nitrogens is 2. The Bertz CT molecular complexity index is 469. The van der Waals surface area contributed by atoms with Crippen molar-refractivity contribution < 1.29 is 19.1 Å². The summed E-state index contributed by atoms with van der Waals surface area (Å²) in [6.07, 6.45) is 5.09. The highest BCUT2D eigenvalue weighted by molar-refractivity contribution is 5.86. The second-order valence-electron chi connectivity index (χ2n) is 4.56. The fraction of sp³-hybridized carbons (Fsp3) is 0.417. The van der Waals surface area contributed by atoms with Gasteiger partial charge in [0.15, 0.2) is 0 Å². The molecule has 0 saturated heterocycles. The fourth-order valence-corrected chi connectivity index (χ4v) is 1.06. The number of carbonyl (C=O) groups is 2. The summed E-state index contributed by atoms with van der Waals surface area (Å²) < 4.78 is 10.6. The average molecular weight is 252 g/mol. The Balaban J connectivity index is 2.72. The first kappa shape index (κ1) is 14.0. The van der Waals surface area contributed by atoms with Gasteiger partial charge in [-0.1, -0.05) is 0 Å². The van der Waals surface area contributed by atoms with Crippen LogP contribution in [-0.2, 0) is 14.3 Å². The number of methoxy groups -OCH3 is 1. The van der Waals surface area contributed by atoms with E-state index in [1.54, 1.807) is 20.8 Å². The van der Waals surface area contributed by atoms with Crippen LogP contribution in [0.15, 0.2) is 18.5 Å². The first-order chi connectivity index (χ1) is 8.31. The second-order valence-corrected chi connectivity index (χ2v) is 4.56. The molecule has 0 unspecified atom stereocenters. The molecule has 98 valence electrons. The number of carbonyl (C=O) groups excluding carboxylic acids is 2. The lowest BCUT2D eigenvalue weighted by atomic mass is 10.2. The molecule has 1 aromatic rings. The van der Waals surface area contributed by atoms with Gasteiger partial charge in [0.2, 0.25) is 0 Å². The summed E-state index contributed by atoms with van der Waals surface area (Å²) >= 11 is 0. The monoisotopic (exact) mass is 252 g/mol. The number of esters is 1. The van der Waals surface area contributed by atoms with E-state index in [2.05, 4.69) is 9.84 Å². The Kier molecular flexibility index (Phi) is 4.25. The molecule has 6 nitrogen and oxygen atoms in total. The van der Waals surface area contributed by atoms with Crippen molar-refractivity contribution in [2.24, 2.45) is 0 Å². The molecule has 0 spiro atoms. The Morgan fingerprint density at radius 3 is 2.61 bits per heavy atom. The predicted octanol–water partition coefficient (Wildman–Crippen LogP) is 1.85. The first-order valence-corrected chi connectivity index (χ1v) is 5.36. The van der Waals surface area contributed by atoms with Gasteiger partial charge in [-0.15, -0.1) is 0 Å². The minimum absolute atomic E-state index is 0.472. The molecule has 0 atom stereocenters. The zero-order valence-electron chi connectivity index (χ0n) is 10.8. The highest BCUT2D eigenvalue weighted by Gasteiger charge is 2.18. The molecule has 0 amide bonds. The van der Waals surface area contributed by atoms with E-state index in [4.69, 9.17) is 4.74 Å². The molecule has 1 heterocycles. The van der Waals surface area contributed by atoms with E-state index in [-0.39, 0.29) is 0 Å². The van der Waals surface area contributed by atoms with Crippen molar-refractivity contribution in [3.8, 4) is 0 Å². The van der Waals surface area contributed by atoms with Crippen LogP contribution in [-0.4, -0.2) is 34.6 Å². The van der Waals surface area contributed by atoms with Crippen LogP contribution in [0.3, 0.4) is 0 Å². The van der Waals surface area contributed by atoms with Gasteiger partial charge in [0.25, 0.3) is 0 Å². The highest BCUT2D eigenvalue weighted by atomic mass is 16.6. The van der Waals surface area contributed by atoms with Crippen LogP contribution in [0.2, 0.25) is 0 Å². The third kappa shape index (κ3) is 4.40. The van der Waals surface area contributed by atoms with E-state index in [1.807, 2.05) is 0 Å². The summed E-state index contributed by atoms with van der Waals surface area (Å²) in [7, 11) is 1.29. The highest BCUT2D eigenvalue weighted by Crippen LogP contribution is 2.09. The van der Waals surface area contributed by atoms with E-state index in [0.717, 1.165) is 4.68 Å². The zero-order chi connectivity index (χ0) is 13.8. The minimum atomic E-state index is -0.578. The van der Waals surface area contributed by atoms with Gasteiger partial charge in [0, 0.05) is 17.8 Å². The third-order valence-electron chi connectivity index (χ3n) is 1.80. The average Bonchev–Trinajstić information content (AvgIpc) is 2.72. The molecule has 18 heavy (non-hydrogen) atoms. The van der Waals surface area contributed by atoms with Gasteiger partial charge in [-0.2, -0.15) is 9.78 Å². The van der Waals surface area contributed by atoms with E-state index in [0.29, 0.717) is 5.56 Å². The molecule has 0 aliphatic rings. The quantitative estimate of drug-likeness (QED) is 0.593. The van der Waals surface area contributed by atoms with Crippen molar-refractivity contribution in [2.45, 2.75) is 26.4 Å². The standard InChI is InChI=1S/C12H16N2O4/c1-12(2,3)18-11(16)14-8-9(7-13-14)5-6-10(15)17-4/h5-8H,1-4H3/b6-5+. The van der Waals surface area contributed by atoms with Crippen LogP contribution in [0.25, 0.3) is 6.08 Å². The van der Waals surface area contributed by atoms with E-state index in [1.165, 1.54) is 31.7 Å². The molecule has 6 heteroatoms. The van der Waals surface area contributed by atoms with Crippen LogP contribution in [0.1, 0.15) is 26.3 Å². The van der Waals surface area contributed by atoms with Crippen LogP contribution in [0.4, 0.5) is 4.79 Å². The Morgan fingerprint density at radius 1 is 1.39 bits per heavy atom. The summed E-state index contributed by atoms with van der Waals surface area (Å²) in [5.74, 6) is -0.472. The molecule has 0 bridgehead atoms. The molecular formula is C12H16N2O4. The normalized spacial score (nSPS) is 11.6. The topological polar surface area (TPSA) is 70.4 Å². The first-order valence-electron chi connectivity index (χ1n) is 5.36. The van der Waals surface area contributed by atoms with E-state index >= 15 is 0 Å². The third-order valence-corrected chi connectivity index (χ3v) is 1.80. The lowest BCUT2D eigenvalue weighted by molar-refractivity contribution is -0.134. The molecule has 0 aromatic carbocycles. The summed E-state index contributed by atoms with van der Waals surface area (Å²) in [5.41, 5.74) is 0.0247. The van der Waals surface area contributed by atoms with Crippen molar-refractivity contribution >= 4 is 18.1 Å². The molecule has 0 N–H and O–H groups in total. The van der Waals surface area contributed by atoms with Crippen molar-refractivity contribution in [3.63, 3.8) is 0 Å². The Labute approximate surface area is 105 Å². The lowest BCUT2D eigenvalue weighted by Crippen LogP contribution is -2.27. The van der Waals surface area contributed by atoms with Gasteiger partial charge in [-0.25, -0.2) is 9.59 Å². The van der Waals surface area contributed by atoms with Crippen LogP contribution in [0.5, 0.6) is 0 Å². The smallest absolute Gasteiger partial charge is 0.435 e. The predicted molar refractivity (Wildman–Crippen MR) is 64.9 cm³/mol. The molecule has 0 radical (unpaired) electrons. The number of hydrogen-bond acceptors (Lipinski definition) is 5. The van der Waals surface area contributed by atoms with Crippen molar-refractivity contribution in [2.75, 3.05) is 7.11 Å². The Hall–Kier alpha value is -2.11. The van der Waals surface area contributed by atoms with Crippen molar-refractivity contribution in [1.82, 2.24) is 9.78 Å². The largest absolute Gasteiger partial charge is 0.466 e. The summed E-state index contributed by atoms with van der Waals surface area (Å²) in [6, 6.07) is 0. The van der Waals surface area contributed by atoms with Crippen molar-refractivity contribution in [3.05, 3.63) is 24.0 Å². The number of hydrogen-bond donors (Lipinski definition) is 0. The Morgan fingerprint density at radius 2 is 2.06 bits per heavy atom. The zero-order valence-corrected chi connectivity index (χ0v) is 10.8. The maximum absolute atomic E-state index is 11.6. The van der Waals surface area contributed by atoms with Crippen LogP contribution in [0, 0.1) is 0 Å². The van der Waals surface area contributed by atoms with Crippen molar-refractivity contribution in [1.29, 1.82) is 0 Å². The van der Waals surface area contributed by atoms with Gasteiger partial charge < -0.3 is 9.47 Å². The van der Waals surface area contributed by atoms with Gasteiger partial charge in [-0.3, -0.25) is 0 Å². The molecular weight excluding hydrogens is 236 g/mol.